The first-order chi connectivity index (χ1) is 11.8. The van der Waals surface area contributed by atoms with Crippen molar-refractivity contribution < 1.29 is 9.53 Å². The van der Waals surface area contributed by atoms with Crippen LogP contribution in [-0.4, -0.2) is 45.9 Å². The maximum Gasteiger partial charge on any atom is 0.223 e. The van der Waals surface area contributed by atoms with Crippen LogP contribution < -0.4 is 0 Å². The van der Waals surface area contributed by atoms with E-state index in [1.807, 2.05) is 47.4 Å². The second-order valence-corrected chi connectivity index (χ2v) is 6.62. The summed E-state index contributed by atoms with van der Waals surface area (Å²) in [5.74, 6) is 0.252. The number of carbonyl (C=O) groups excluding carboxylic acids is 1. The van der Waals surface area contributed by atoms with Gasteiger partial charge in [-0.1, -0.05) is 18.2 Å². The zero-order valence-electron chi connectivity index (χ0n) is 13.8. The Morgan fingerprint density at radius 1 is 1.25 bits per heavy atom. The van der Waals surface area contributed by atoms with Gasteiger partial charge in [0.2, 0.25) is 5.91 Å². The average Bonchev–Trinajstić information content (AvgIpc) is 3.29. The van der Waals surface area contributed by atoms with Crippen molar-refractivity contribution in [2.24, 2.45) is 0 Å². The van der Waals surface area contributed by atoms with E-state index < -0.39 is 0 Å². The smallest absolute Gasteiger partial charge is 0.223 e. The molecule has 2 aliphatic rings. The van der Waals surface area contributed by atoms with Gasteiger partial charge in [-0.05, 0) is 43.4 Å². The van der Waals surface area contributed by atoms with Crippen LogP contribution in [0.1, 0.15) is 31.2 Å². The van der Waals surface area contributed by atoms with E-state index in [0.29, 0.717) is 19.1 Å². The molecule has 24 heavy (non-hydrogen) atoms. The Balaban J connectivity index is 1.37. The van der Waals surface area contributed by atoms with Gasteiger partial charge in [-0.3, -0.25) is 4.79 Å². The standard InChI is InChI=1S/C19H23N3O2/c23-19(21-11-12-24-18-8-4-7-17(18)21)10-9-15-13-20-22(14-15)16-5-2-1-3-6-16/h1-3,5-6,13-14,17-18H,4,7-12H2/t17-,18-/m1/s1. The van der Waals surface area contributed by atoms with Crippen LogP contribution in [0.25, 0.3) is 5.69 Å². The van der Waals surface area contributed by atoms with E-state index in [-0.39, 0.29) is 12.0 Å². The predicted molar refractivity (Wildman–Crippen MR) is 91.0 cm³/mol. The van der Waals surface area contributed by atoms with Gasteiger partial charge in [0.25, 0.3) is 0 Å². The minimum absolute atomic E-state index is 0.252. The highest BCUT2D eigenvalue weighted by Gasteiger charge is 2.37. The first-order valence-corrected chi connectivity index (χ1v) is 8.81. The molecule has 4 rings (SSSR count). The van der Waals surface area contributed by atoms with Gasteiger partial charge in [0.05, 0.1) is 30.6 Å². The van der Waals surface area contributed by atoms with E-state index in [9.17, 15) is 4.79 Å². The Bertz CT molecular complexity index is 698. The number of carbonyl (C=O) groups is 1. The van der Waals surface area contributed by atoms with Gasteiger partial charge in [0, 0.05) is 19.2 Å². The van der Waals surface area contributed by atoms with E-state index in [2.05, 4.69) is 10.00 Å². The van der Waals surface area contributed by atoms with Crippen molar-refractivity contribution in [1.29, 1.82) is 0 Å². The second-order valence-electron chi connectivity index (χ2n) is 6.62. The molecular formula is C19H23N3O2. The summed E-state index contributed by atoms with van der Waals surface area (Å²) in [4.78, 5) is 14.7. The van der Waals surface area contributed by atoms with E-state index in [0.717, 1.165) is 37.1 Å². The number of hydrogen-bond acceptors (Lipinski definition) is 3. The Morgan fingerprint density at radius 2 is 2.12 bits per heavy atom. The van der Waals surface area contributed by atoms with E-state index in [1.165, 1.54) is 6.42 Å². The molecule has 1 amide bonds. The summed E-state index contributed by atoms with van der Waals surface area (Å²) >= 11 is 0. The molecule has 1 saturated heterocycles. The number of amides is 1. The average molecular weight is 325 g/mol. The maximum absolute atomic E-state index is 12.6. The van der Waals surface area contributed by atoms with Crippen molar-refractivity contribution in [3.8, 4) is 5.69 Å². The number of rotatable bonds is 4. The molecule has 0 N–H and O–H groups in total. The lowest BCUT2D eigenvalue weighted by Crippen LogP contribution is -2.51. The summed E-state index contributed by atoms with van der Waals surface area (Å²) in [6.07, 6.45) is 8.77. The van der Waals surface area contributed by atoms with Crippen molar-refractivity contribution in [3.05, 3.63) is 48.3 Å². The molecule has 1 aliphatic carbocycles. The van der Waals surface area contributed by atoms with Gasteiger partial charge in [-0.15, -0.1) is 0 Å². The highest BCUT2D eigenvalue weighted by molar-refractivity contribution is 5.77. The molecule has 2 aromatic rings. The van der Waals surface area contributed by atoms with Crippen molar-refractivity contribution in [2.45, 2.75) is 44.2 Å². The second kappa shape index (κ2) is 6.77. The molecule has 2 fully saturated rings. The molecule has 1 aliphatic heterocycles. The van der Waals surface area contributed by atoms with Crippen LogP contribution in [0.15, 0.2) is 42.7 Å². The lowest BCUT2D eigenvalue weighted by atomic mass is 10.1. The number of aromatic nitrogens is 2. The highest BCUT2D eigenvalue weighted by atomic mass is 16.5. The summed E-state index contributed by atoms with van der Waals surface area (Å²) < 4.78 is 7.65. The molecule has 126 valence electrons. The lowest BCUT2D eigenvalue weighted by Gasteiger charge is -2.37. The third kappa shape index (κ3) is 3.08. The van der Waals surface area contributed by atoms with Crippen LogP contribution in [0.2, 0.25) is 0 Å². The summed E-state index contributed by atoms with van der Waals surface area (Å²) in [6, 6.07) is 10.3. The SMILES string of the molecule is O=C(CCc1cnn(-c2ccccc2)c1)N1CCO[C@@H]2CCC[C@H]21. The summed E-state index contributed by atoms with van der Waals surface area (Å²) in [5, 5.41) is 4.40. The number of ether oxygens (including phenoxy) is 1. The minimum Gasteiger partial charge on any atom is -0.374 e. The molecule has 0 bridgehead atoms. The monoisotopic (exact) mass is 325 g/mol. The minimum atomic E-state index is 0.252. The summed E-state index contributed by atoms with van der Waals surface area (Å²) in [7, 11) is 0. The molecule has 5 heteroatoms. The van der Waals surface area contributed by atoms with E-state index >= 15 is 0 Å². The van der Waals surface area contributed by atoms with E-state index in [1.54, 1.807) is 0 Å². The molecule has 0 radical (unpaired) electrons. The number of benzene rings is 1. The highest BCUT2D eigenvalue weighted by Crippen LogP contribution is 2.30. The lowest BCUT2D eigenvalue weighted by molar-refractivity contribution is -0.143. The number of aryl methyl sites for hydroxylation is 1. The van der Waals surface area contributed by atoms with Gasteiger partial charge < -0.3 is 9.64 Å². The van der Waals surface area contributed by atoms with Crippen LogP contribution in [0.4, 0.5) is 0 Å². The zero-order valence-corrected chi connectivity index (χ0v) is 13.8. The fourth-order valence-electron chi connectivity index (χ4n) is 3.84. The first kappa shape index (κ1) is 15.4. The molecule has 1 aromatic heterocycles. The van der Waals surface area contributed by atoms with Gasteiger partial charge in [0.15, 0.2) is 0 Å². The summed E-state index contributed by atoms with van der Waals surface area (Å²) in [5.41, 5.74) is 2.14. The molecule has 5 nitrogen and oxygen atoms in total. The van der Waals surface area contributed by atoms with Crippen molar-refractivity contribution in [2.75, 3.05) is 13.2 Å². The third-order valence-electron chi connectivity index (χ3n) is 5.09. The Hall–Kier alpha value is -2.14. The first-order valence-electron chi connectivity index (χ1n) is 8.81. The van der Waals surface area contributed by atoms with Crippen LogP contribution in [0.3, 0.4) is 0 Å². The number of para-hydroxylation sites is 1. The zero-order chi connectivity index (χ0) is 16.4. The van der Waals surface area contributed by atoms with Crippen LogP contribution in [-0.2, 0) is 16.0 Å². The van der Waals surface area contributed by atoms with Crippen LogP contribution >= 0.6 is 0 Å². The number of fused-ring (bicyclic) bond motifs is 1. The Labute approximate surface area is 142 Å². The van der Waals surface area contributed by atoms with Crippen molar-refractivity contribution in [1.82, 2.24) is 14.7 Å². The van der Waals surface area contributed by atoms with Gasteiger partial charge in [-0.2, -0.15) is 5.10 Å². The number of nitrogens with zero attached hydrogens (tertiary/aromatic N) is 3. The molecule has 2 heterocycles. The predicted octanol–water partition coefficient (Wildman–Crippen LogP) is 2.58. The summed E-state index contributed by atoms with van der Waals surface area (Å²) in [6.45, 7) is 1.42. The van der Waals surface area contributed by atoms with Crippen molar-refractivity contribution >= 4 is 5.91 Å². The fourth-order valence-corrected chi connectivity index (χ4v) is 3.84. The van der Waals surface area contributed by atoms with Gasteiger partial charge >= 0.3 is 0 Å². The normalized spacial score (nSPS) is 23.2. The van der Waals surface area contributed by atoms with Crippen LogP contribution in [0.5, 0.6) is 0 Å². The number of hydrogen-bond donors (Lipinski definition) is 0. The quantitative estimate of drug-likeness (QED) is 0.868. The molecule has 0 spiro atoms. The number of morpholine rings is 1. The largest absolute Gasteiger partial charge is 0.374 e. The van der Waals surface area contributed by atoms with Gasteiger partial charge in [0.1, 0.15) is 0 Å². The molecule has 0 unspecified atom stereocenters. The van der Waals surface area contributed by atoms with E-state index in [4.69, 9.17) is 4.74 Å². The van der Waals surface area contributed by atoms with Crippen molar-refractivity contribution in [3.63, 3.8) is 0 Å². The molecule has 2 atom stereocenters. The Kier molecular flexibility index (Phi) is 4.34. The van der Waals surface area contributed by atoms with Crippen LogP contribution in [0, 0.1) is 0 Å². The molecule has 1 saturated carbocycles. The molecular weight excluding hydrogens is 302 g/mol. The maximum atomic E-state index is 12.6. The van der Waals surface area contributed by atoms with Gasteiger partial charge in [-0.25, -0.2) is 4.68 Å². The molecule has 1 aromatic carbocycles. The topological polar surface area (TPSA) is 47.4 Å². The fraction of sp³-hybridized carbons (Fsp3) is 0.474. The third-order valence-corrected chi connectivity index (χ3v) is 5.09. The Morgan fingerprint density at radius 3 is 3.00 bits per heavy atom.